The molecule has 1 saturated heterocycles. The van der Waals surface area contributed by atoms with E-state index in [2.05, 4.69) is 0 Å². The fraction of sp³-hybridized carbons (Fsp3) is 0.452. The minimum atomic E-state index is -1.53. The molecule has 3 aromatic rings. The molecule has 0 spiro atoms. The van der Waals surface area contributed by atoms with Crippen molar-refractivity contribution in [2.75, 3.05) is 32.9 Å². The second-order valence-electron chi connectivity index (χ2n) is 11.5. The van der Waals surface area contributed by atoms with E-state index < -0.39 is 29.1 Å². The van der Waals surface area contributed by atoms with Crippen LogP contribution < -0.4 is 10.3 Å². The summed E-state index contributed by atoms with van der Waals surface area (Å²) >= 11 is 0. The molecule has 9 nitrogen and oxygen atoms in total. The van der Waals surface area contributed by atoms with Gasteiger partial charge in [-0.1, -0.05) is 6.07 Å². The Morgan fingerprint density at radius 1 is 1.10 bits per heavy atom. The van der Waals surface area contributed by atoms with Crippen LogP contribution in [0, 0.1) is 12.7 Å². The molecule has 0 saturated carbocycles. The second kappa shape index (κ2) is 10.9. The lowest BCUT2D eigenvalue weighted by Gasteiger charge is -2.30. The zero-order chi connectivity index (χ0) is 29.6. The van der Waals surface area contributed by atoms with Crippen LogP contribution in [0.1, 0.15) is 60.5 Å². The molecular weight excluding hydrogens is 531 g/mol. The number of pyridine rings is 1. The zero-order valence-electron chi connectivity index (χ0n) is 24.0. The summed E-state index contributed by atoms with van der Waals surface area (Å²) in [7, 11) is 1.48. The number of fused-ring (bicyclic) bond motifs is 2. The van der Waals surface area contributed by atoms with Gasteiger partial charge in [0.05, 0.1) is 31.1 Å². The SMILES string of the molecule is Cc1c(-c2c([C@H](OC(C)(C)C)C(=O)O)n(C)c(=O)c3cc(C(=O)N4CCOCC4)ccc23)cc(F)c2c1CCCO2. The van der Waals surface area contributed by atoms with E-state index in [4.69, 9.17) is 14.2 Å². The summed E-state index contributed by atoms with van der Waals surface area (Å²) in [4.78, 5) is 41.5. The predicted molar refractivity (Wildman–Crippen MR) is 151 cm³/mol. The summed E-state index contributed by atoms with van der Waals surface area (Å²) in [5, 5.41) is 11.0. The molecular formula is C31H35FN2O7. The third-order valence-corrected chi connectivity index (χ3v) is 7.64. The maximum absolute atomic E-state index is 15.5. The van der Waals surface area contributed by atoms with Gasteiger partial charge in [-0.15, -0.1) is 0 Å². The van der Waals surface area contributed by atoms with Gasteiger partial charge < -0.3 is 28.8 Å². The molecule has 1 N–H and O–H groups in total. The number of carbonyl (C=O) groups excluding carboxylic acids is 1. The molecule has 218 valence electrons. The van der Waals surface area contributed by atoms with Gasteiger partial charge in [-0.2, -0.15) is 0 Å². The Balaban J connectivity index is 1.83. The lowest BCUT2D eigenvalue weighted by molar-refractivity contribution is -0.161. The Hall–Kier alpha value is -3.76. The molecule has 5 rings (SSSR count). The molecule has 0 bridgehead atoms. The van der Waals surface area contributed by atoms with E-state index in [1.165, 1.54) is 23.7 Å². The molecule has 1 atom stereocenters. The highest BCUT2D eigenvalue weighted by Crippen LogP contribution is 2.43. The number of amides is 1. The number of aliphatic carboxylic acids is 1. The molecule has 3 heterocycles. The first-order chi connectivity index (χ1) is 19.4. The van der Waals surface area contributed by atoms with Gasteiger partial charge in [-0.25, -0.2) is 9.18 Å². The van der Waals surface area contributed by atoms with Crippen LogP contribution in [0.2, 0.25) is 0 Å². The normalized spacial score (nSPS) is 16.3. The Morgan fingerprint density at radius 3 is 2.46 bits per heavy atom. The first-order valence-electron chi connectivity index (χ1n) is 13.8. The number of hydrogen-bond acceptors (Lipinski definition) is 6. The zero-order valence-corrected chi connectivity index (χ0v) is 24.0. The van der Waals surface area contributed by atoms with Crippen molar-refractivity contribution < 1.29 is 33.3 Å². The van der Waals surface area contributed by atoms with E-state index in [1.807, 2.05) is 6.92 Å². The van der Waals surface area contributed by atoms with Crippen molar-refractivity contribution in [3.05, 3.63) is 62.8 Å². The third-order valence-electron chi connectivity index (χ3n) is 7.64. The number of hydrogen-bond donors (Lipinski definition) is 1. The van der Waals surface area contributed by atoms with E-state index in [0.717, 1.165) is 12.0 Å². The Labute approximate surface area is 237 Å². The molecule has 2 aliphatic rings. The molecule has 2 aromatic carbocycles. The van der Waals surface area contributed by atoms with E-state index in [9.17, 15) is 19.5 Å². The summed E-state index contributed by atoms with van der Waals surface area (Å²) in [5.41, 5.74) is 1.32. The number of carboxylic acids is 1. The van der Waals surface area contributed by atoms with E-state index >= 15 is 4.39 Å². The van der Waals surface area contributed by atoms with Crippen LogP contribution >= 0.6 is 0 Å². The summed E-state index contributed by atoms with van der Waals surface area (Å²) in [6.45, 7) is 9.21. The fourth-order valence-electron chi connectivity index (χ4n) is 5.70. The van der Waals surface area contributed by atoms with Gasteiger partial charge in [0.15, 0.2) is 17.7 Å². The standard InChI is InChI=1S/C31H35FN2O7/c1-17-19-7-6-12-40-26(19)23(32)16-21(17)24-20-9-8-18(28(35)34-10-13-39-14-11-34)15-22(20)29(36)33(5)25(24)27(30(37)38)41-31(2,3)4/h8-9,15-16,27H,6-7,10-14H2,1-5H3,(H,37,38)/t27-/m0/s1. The number of ether oxygens (including phenoxy) is 3. The summed E-state index contributed by atoms with van der Waals surface area (Å²) < 4.78 is 33.8. The van der Waals surface area contributed by atoms with Crippen LogP contribution in [0.15, 0.2) is 29.1 Å². The quantitative estimate of drug-likeness (QED) is 0.488. The number of nitrogens with zero attached hydrogens (tertiary/aromatic N) is 2. The highest BCUT2D eigenvalue weighted by atomic mass is 19.1. The van der Waals surface area contributed by atoms with Gasteiger partial charge in [0.2, 0.25) is 0 Å². The summed E-state index contributed by atoms with van der Waals surface area (Å²) in [6.07, 6.45) is -0.212. The number of morpholine rings is 1. The first kappa shape index (κ1) is 28.8. The number of carboxylic acid groups (broad SMARTS) is 1. The van der Waals surface area contributed by atoms with Crippen LogP contribution in [0.5, 0.6) is 5.75 Å². The second-order valence-corrected chi connectivity index (χ2v) is 11.5. The van der Waals surface area contributed by atoms with Crippen molar-refractivity contribution >= 4 is 22.6 Å². The molecule has 1 amide bonds. The topological polar surface area (TPSA) is 107 Å². The Kier molecular flexibility index (Phi) is 7.65. The van der Waals surface area contributed by atoms with Crippen molar-refractivity contribution in [2.45, 2.75) is 52.2 Å². The van der Waals surface area contributed by atoms with Gasteiger partial charge in [-0.05, 0) is 75.2 Å². The highest BCUT2D eigenvalue weighted by molar-refractivity contribution is 6.04. The number of halogens is 1. The average Bonchev–Trinajstić information content (AvgIpc) is 2.95. The molecule has 1 aromatic heterocycles. The maximum atomic E-state index is 15.5. The molecule has 0 aliphatic carbocycles. The third kappa shape index (κ3) is 5.34. The van der Waals surface area contributed by atoms with Crippen molar-refractivity contribution in [1.82, 2.24) is 9.47 Å². The van der Waals surface area contributed by atoms with Gasteiger partial charge in [-0.3, -0.25) is 9.59 Å². The van der Waals surface area contributed by atoms with Gasteiger partial charge in [0.1, 0.15) is 0 Å². The average molecular weight is 567 g/mol. The Morgan fingerprint density at radius 2 is 1.80 bits per heavy atom. The summed E-state index contributed by atoms with van der Waals surface area (Å²) in [6, 6.07) is 6.15. The van der Waals surface area contributed by atoms with Crippen molar-refractivity contribution in [3.8, 4) is 16.9 Å². The summed E-state index contributed by atoms with van der Waals surface area (Å²) in [5.74, 6) is -1.87. The van der Waals surface area contributed by atoms with Crippen molar-refractivity contribution in [3.63, 3.8) is 0 Å². The number of carbonyl (C=O) groups is 2. The number of benzene rings is 2. The van der Waals surface area contributed by atoms with Gasteiger partial charge >= 0.3 is 5.97 Å². The lowest BCUT2D eigenvalue weighted by Crippen LogP contribution is -2.40. The fourth-order valence-corrected chi connectivity index (χ4v) is 5.70. The lowest BCUT2D eigenvalue weighted by atomic mass is 9.87. The molecule has 10 heteroatoms. The monoisotopic (exact) mass is 566 g/mol. The van der Waals surface area contributed by atoms with Crippen LogP contribution in [-0.2, 0) is 27.7 Å². The molecule has 0 unspecified atom stereocenters. The number of rotatable bonds is 5. The highest BCUT2D eigenvalue weighted by Gasteiger charge is 2.34. The first-order valence-corrected chi connectivity index (χ1v) is 13.8. The molecule has 0 radical (unpaired) electrons. The minimum Gasteiger partial charge on any atom is -0.490 e. The molecule has 2 aliphatic heterocycles. The van der Waals surface area contributed by atoms with Crippen LogP contribution in [0.3, 0.4) is 0 Å². The van der Waals surface area contributed by atoms with Crippen LogP contribution in [0.25, 0.3) is 21.9 Å². The van der Waals surface area contributed by atoms with Gasteiger partial charge in [0, 0.05) is 42.2 Å². The molecule has 41 heavy (non-hydrogen) atoms. The number of aromatic nitrogens is 1. The Bertz CT molecular complexity index is 1600. The van der Waals surface area contributed by atoms with Crippen LogP contribution in [0.4, 0.5) is 4.39 Å². The predicted octanol–water partition coefficient (Wildman–Crippen LogP) is 4.39. The minimum absolute atomic E-state index is 0.0939. The van der Waals surface area contributed by atoms with Gasteiger partial charge in [0.25, 0.3) is 11.5 Å². The van der Waals surface area contributed by atoms with E-state index in [-0.39, 0.29) is 22.7 Å². The van der Waals surface area contributed by atoms with E-state index in [1.54, 1.807) is 37.8 Å². The maximum Gasteiger partial charge on any atom is 0.339 e. The van der Waals surface area contributed by atoms with E-state index in [0.29, 0.717) is 67.0 Å². The molecule has 1 fully saturated rings. The smallest absolute Gasteiger partial charge is 0.339 e. The largest absolute Gasteiger partial charge is 0.490 e. The van der Waals surface area contributed by atoms with Crippen molar-refractivity contribution in [2.24, 2.45) is 7.05 Å². The van der Waals surface area contributed by atoms with Crippen molar-refractivity contribution in [1.29, 1.82) is 0 Å². The van der Waals surface area contributed by atoms with Crippen LogP contribution in [-0.4, -0.2) is 65.0 Å².